The summed E-state index contributed by atoms with van der Waals surface area (Å²) in [5.74, 6) is -1.31. The van der Waals surface area contributed by atoms with Crippen LogP contribution in [0.3, 0.4) is 0 Å². The van der Waals surface area contributed by atoms with Gasteiger partial charge in [0.2, 0.25) is 5.91 Å². The fourth-order valence-corrected chi connectivity index (χ4v) is 2.93. The van der Waals surface area contributed by atoms with Crippen LogP contribution in [0.15, 0.2) is 35.4 Å². The van der Waals surface area contributed by atoms with E-state index in [-0.39, 0.29) is 23.5 Å². The van der Waals surface area contributed by atoms with E-state index in [1.807, 2.05) is 18.2 Å². The van der Waals surface area contributed by atoms with Crippen molar-refractivity contribution in [1.82, 2.24) is 5.32 Å². The van der Waals surface area contributed by atoms with Crippen LogP contribution in [0.25, 0.3) is 0 Å². The Morgan fingerprint density at radius 1 is 1.42 bits per heavy atom. The average Bonchev–Trinajstić information content (AvgIpc) is 3.21. The van der Waals surface area contributed by atoms with E-state index in [0.29, 0.717) is 25.4 Å². The quantitative estimate of drug-likeness (QED) is 0.847. The van der Waals surface area contributed by atoms with Gasteiger partial charge < -0.3 is 15.2 Å². The smallest absolute Gasteiger partial charge is 0.352 e. The molecule has 1 saturated heterocycles. The van der Waals surface area contributed by atoms with Crippen LogP contribution in [0, 0.1) is 5.41 Å². The Morgan fingerprint density at radius 2 is 2.17 bits per heavy atom. The summed E-state index contributed by atoms with van der Waals surface area (Å²) in [7, 11) is 0. The number of nitrogens with zero attached hydrogens (tertiary/aromatic N) is 2. The van der Waals surface area contributed by atoms with Gasteiger partial charge in [-0.3, -0.25) is 9.80 Å². The topological polar surface area (TPSA) is 91.2 Å². The summed E-state index contributed by atoms with van der Waals surface area (Å²) in [5, 5.41) is 17.8. The van der Waals surface area contributed by atoms with Crippen molar-refractivity contribution in [2.24, 2.45) is 10.5 Å². The van der Waals surface area contributed by atoms with E-state index < -0.39 is 12.0 Å². The van der Waals surface area contributed by atoms with Gasteiger partial charge in [-0.25, -0.2) is 4.79 Å². The predicted octanol–water partition coefficient (Wildman–Crippen LogP) is 1.25. The fourth-order valence-electron chi connectivity index (χ4n) is 2.93. The number of carboxylic acids is 1. The summed E-state index contributed by atoms with van der Waals surface area (Å²) in [6.45, 7) is 3.91. The van der Waals surface area contributed by atoms with Crippen LogP contribution in [0.1, 0.15) is 19.8 Å². The molecule has 0 aliphatic carbocycles. The molecule has 7 nitrogen and oxygen atoms in total. The lowest BCUT2D eigenvalue weighted by Gasteiger charge is -2.26. The predicted molar refractivity (Wildman–Crippen MR) is 88.9 cm³/mol. The monoisotopic (exact) mass is 331 g/mol. The fraction of sp³-hybridized carbons (Fsp3) is 0.471. The molecule has 0 radical (unpaired) electrons. The Bertz CT molecular complexity index is 653. The number of carbonyl (C=O) groups excluding carboxylic acids is 1. The van der Waals surface area contributed by atoms with Crippen LogP contribution in [0.4, 0.5) is 5.69 Å². The third kappa shape index (κ3) is 3.41. The summed E-state index contributed by atoms with van der Waals surface area (Å²) < 4.78 is 5.39. The van der Waals surface area contributed by atoms with Crippen molar-refractivity contribution in [2.75, 3.05) is 24.8 Å². The molecule has 2 N–H and O–H groups in total. The number of hydrogen-bond donors (Lipinski definition) is 2. The maximum Gasteiger partial charge on any atom is 0.352 e. The molecule has 2 aliphatic rings. The number of rotatable bonds is 5. The molecule has 0 unspecified atom stereocenters. The molecular formula is C17H21N3O4. The minimum Gasteiger partial charge on any atom is -0.477 e. The molecule has 1 fully saturated rings. The summed E-state index contributed by atoms with van der Waals surface area (Å²) in [5.41, 5.74) is 0.626. The minimum atomic E-state index is -1.10. The third-order valence-electron chi connectivity index (χ3n) is 4.47. The second-order valence-corrected chi connectivity index (χ2v) is 6.58. The van der Waals surface area contributed by atoms with Crippen LogP contribution in [0.2, 0.25) is 0 Å². The van der Waals surface area contributed by atoms with E-state index in [1.165, 1.54) is 5.01 Å². The SMILES string of the molecule is C[C@]1(CNC(=O)[C@H]2CC(C(=O)O)=NN2c2ccccc2)CCOC1. The number of benzene rings is 1. The normalized spacial score (nSPS) is 26.3. The minimum absolute atomic E-state index is 0.00517. The van der Waals surface area contributed by atoms with Crippen LogP contribution < -0.4 is 10.3 Å². The maximum atomic E-state index is 12.6. The summed E-state index contributed by atoms with van der Waals surface area (Å²) in [4.78, 5) is 23.9. The number of hydrazone groups is 1. The van der Waals surface area contributed by atoms with Gasteiger partial charge in [0.05, 0.1) is 12.3 Å². The van der Waals surface area contributed by atoms with Gasteiger partial charge in [-0.05, 0) is 18.6 Å². The molecule has 0 bridgehead atoms. The highest BCUT2D eigenvalue weighted by atomic mass is 16.5. The zero-order chi connectivity index (χ0) is 17.2. The van der Waals surface area contributed by atoms with Crippen molar-refractivity contribution in [2.45, 2.75) is 25.8 Å². The molecule has 0 spiro atoms. The Labute approximate surface area is 140 Å². The van der Waals surface area contributed by atoms with E-state index in [9.17, 15) is 14.7 Å². The Balaban J connectivity index is 1.73. The van der Waals surface area contributed by atoms with E-state index in [0.717, 1.165) is 6.42 Å². The third-order valence-corrected chi connectivity index (χ3v) is 4.47. The van der Waals surface area contributed by atoms with Gasteiger partial charge in [0, 0.05) is 25.0 Å². The van der Waals surface area contributed by atoms with Gasteiger partial charge in [0.1, 0.15) is 11.8 Å². The molecule has 1 amide bonds. The molecular weight excluding hydrogens is 310 g/mol. The number of para-hydroxylation sites is 1. The number of carbonyl (C=O) groups is 2. The first-order valence-electron chi connectivity index (χ1n) is 7.99. The number of ether oxygens (including phenoxy) is 1. The van der Waals surface area contributed by atoms with Gasteiger partial charge >= 0.3 is 5.97 Å². The number of aliphatic carboxylic acids is 1. The highest BCUT2D eigenvalue weighted by Crippen LogP contribution is 2.28. The van der Waals surface area contributed by atoms with Crippen LogP contribution in [0.5, 0.6) is 0 Å². The van der Waals surface area contributed by atoms with Gasteiger partial charge in [-0.2, -0.15) is 5.10 Å². The van der Waals surface area contributed by atoms with E-state index in [1.54, 1.807) is 12.1 Å². The van der Waals surface area contributed by atoms with E-state index in [4.69, 9.17) is 4.74 Å². The zero-order valence-electron chi connectivity index (χ0n) is 13.6. The Hall–Kier alpha value is -2.41. The molecule has 0 saturated carbocycles. The average molecular weight is 331 g/mol. The van der Waals surface area contributed by atoms with Crippen molar-refractivity contribution >= 4 is 23.3 Å². The summed E-state index contributed by atoms with van der Waals surface area (Å²) in [6.07, 6.45) is 0.987. The maximum absolute atomic E-state index is 12.6. The van der Waals surface area contributed by atoms with Crippen molar-refractivity contribution in [3.8, 4) is 0 Å². The number of nitrogens with one attached hydrogen (secondary N) is 1. The molecule has 7 heteroatoms. The lowest BCUT2D eigenvalue weighted by atomic mass is 9.90. The van der Waals surface area contributed by atoms with Crippen molar-refractivity contribution < 1.29 is 19.4 Å². The van der Waals surface area contributed by atoms with Crippen LogP contribution in [-0.2, 0) is 14.3 Å². The van der Waals surface area contributed by atoms with Gasteiger partial charge in [0.15, 0.2) is 0 Å². The second-order valence-electron chi connectivity index (χ2n) is 6.58. The molecule has 1 aromatic carbocycles. The summed E-state index contributed by atoms with van der Waals surface area (Å²) in [6, 6.07) is 8.48. The molecule has 24 heavy (non-hydrogen) atoms. The van der Waals surface area contributed by atoms with Gasteiger partial charge in [-0.15, -0.1) is 0 Å². The van der Waals surface area contributed by atoms with E-state index >= 15 is 0 Å². The van der Waals surface area contributed by atoms with Crippen molar-refractivity contribution in [1.29, 1.82) is 0 Å². The van der Waals surface area contributed by atoms with Gasteiger partial charge in [0.25, 0.3) is 0 Å². The molecule has 128 valence electrons. The zero-order valence-corrected chi connectivity index (χ0v) is 13.6. The van der Waals surface area contributed by atoms with Gasteiger partial charge in [-0.1, -0.05) is 25.1 Å². The standard InChI is InChI=1S/C17H21N3O4/c1-17(7-8-24-11-17)10-18-15(21)14-9-13(16(22)23)19-20(14)12-5-3-2-4-6-12/h2-6,14H,7-11H2,1H3,(H,18,21)(H,22,23)/t14-,17-/m1/s1. The summed E-state index contributed by atoms with van der Waals surface area (Å²) >= 11 is 0. The number of anilines is 1. The van der Waals surface area contributed by atoms with Crippen molar-refractivity contribution in [3.05, 3.63) is 30.3 Å². The number of carboxylic acid groups (broad SMARTS) is 1. The highest BCUT2D eigenvalue weighted by molar-refractivity contribution is 6.37. The van der Waals surface area contributed by atoms with Crippen molar-refractivity contribution in [3.63, 3.8) is 0 Å². The second kappa shape index (κ2) is 6.60. The van der Waals surface area contributed by atoms with E-state index in [2.05, 4.69) is 17.3 Å². The highest BCUT2D eigenvalue weighted by Gasteiger charge is 2.37. The van der Waals surface area contributed by atoms with Crippen LogP contribution in [-0.4, -0.2) is 48.5 Å². The first-order valence-corrected chi connectivity index (χ1v) is 7.99. The number of hydrogen-bond acceptors (Lipinski definition) is 5. The molecule has 2 heterocycles. The van der Waals surface area contributed by atoms with Crippen LogP contribution >= 0.6 is 0 Å². The number of amides is 1. The first-order chi connectivity index (χ1) is 11.5. The molecule has 2 atom stereocenters. The first kappa shape index (κ1) is 16.4. The lowest BCUT2D eigenvalue weighted by Crippen LogP contribution is -2.46. The largest absolute Gasteiger partial charge is 0.477 e. The Kier molecular flexibility index (Phi) is 4.53. The lowest BCUT2D eigenvalue weighted by molar-refractivity contribution is -0.129. The molecule has 2 aliphatic heterocycles. The molecule has 0 aromatic heterocycles. The Morgan fingerprint density at radius 3 is 2.79 bits per heavy atom. The molecule has 1 aromatic rings. The molecule has 3 rings (SSSR count).